The average Bonchev–Trinajstić information content (AvgIpc) is 3.00. The van der Waals surface area contributed by atoms with Gasteiger partial charge < -0.3 is 9.47 Å². The molecule has 0 saturated heterocycles. The van der Waals surface area contributed by atoms with E-state index in [1.54, 1.807) is 6.92 Å². The van der Waals surface area contributed by atoms with E-state index in [2.05, 4.69) is 19.1 Å². The first kappa shape index (κ1) is 30.9. The van der Waals surface area contributed by atoms with Gasteiger partial charge in [0.2, 0.25) is 11.6 Å². The summed E-state index contributed by atoms with van der Waals surface area (Å²) in [5, 5.41) is 0. The fourth-order valence-corrected chi connectivity index (χ4v) is 7.80. The summed E-state index contributed by atoms with van der Waals surface area (Å²) in [5.41, 5.74) is -0.720. The quantitative estimate of drug-likeness (QED) is 0.204. The van der Waals surface area contributed by atoms with Crippen LogP contribution < -0.4 is 9.47 Å². The molecule has 3 aliphatic carbocycles. The van der Waals surface area contributed by atoms with Gasteiger partial charge in [-0.2, -0.15) is 8.78 Å². The summed E-state index contributed by atoms with van der Waals surface area (Å²) in [5.74, 6) is -0.977. The third-order valence-corrected chi connectivity index (χ3v) is 10.2. The summed E-state index contributed by atoms with van der Waals surface area (Å²) in [6.45, 7) is 4.42. The van der Waals surface area contributed by atoms with Gasteiger partial charge in [0.25, 0.3) is 0 Å². The van der Waals surface area contributed by atoms with Crippen LogP contribution in [0.3, 0.4) is 0 Å². The zero-order valence-corrected chi connectivity index (χ0v) is 25.2. The second-order valence-corrected chi connectivity index (χ2v) is 12.9. The maximum Gasteiger partial charge on any atom is 0.201 e. The van der Waals surface area contributed by atoms with E-state index in [1.807, 2.05) is 0 Å². The number of rotatable bonds is 10. The van der Waals surface area contributed by atoms with Gasteiger partial charge >= 0.3 is 0 Å². The van der Waals surface area contributed by atoms with Crippen LogP contribution in [0.15, 0.2) is 36.4 Å². The van der Waals surface area contributed by atoms with Crippen molar-refractivity contribution < 1.29 is 27.0 Å². The Balaban J connectivity index is 1.09. The Bertz CT molecular complexity index is 1220. The Kier molecular flexibility index (Phi) is 10.5. The van der Waals surface area contributed by atoms with E-state index in [-0.39, 0.29) is 35.2 Å². The van der Waals surface area contributed by atoms with Crippen molar-refractivity contribution in [1.29, 1.82) is 0 Å². The lowest BCUT2D eigenvalue weighted by molar-refractivity contribution is 0.107. The largest absolute Gasteiger partial charge is 0.491 e. The zero-order chi connectivity index (χ0) is 29.6. The smallest absolute Gasteiger partial charge is 0.201 e. The van der Waals surface area contributed by atoms with Gasteiger partial charge in [0.15, 0.2) is 23.1 Å². The molecular formula is C36H46F4O2. The second kappa shape index (κ2) is 14.3. The Morgan fingerprint density at radius 1 is 0.619 bits per heavy atom. The monoisotopic (exact) mass is 586 g/mol. The predicted octanol–water partition coefficient (Wildman–Crippen LogP) is 10.7. The predicted molar refractivity (Wildman–Crippen MR) is 160 cm³/mol. The number of hydrogen-bond acceptors (Lipinski definition) is 2. The summed E-state index contributed by atoms with van der Waals surface area (Å²) in [6.07, 6.45) is 20.3. The molecule has 0 bridgehead atoms. The van der Waals surface area contributed by atoms with Crippen molar-refractivity contribution in [1.82, 2.24) is 0 Å². The minimum atomic E-state index is -1.28. The Labute approximate surface area is 248 Å². The van der Waals surface area contributed by atoms with Gasteiger partial charge in [0.05, 0.1) is 13.2 Å². The van der Waals surface area contributed by atoms with Crippen LogP contribution in [0.1, 0.15) is 90.9 Å². The first-order chi connectivity index (χ1) is 20.4. The van der Waals surface area contributed by atoms with Crippen molar-refractivity contribution in [3.05, 3.63) is 59.7 Å². The van der Waals surface area contributed by atoms with Crippen molar-refractivity contribution in [2.75, 3.05) is 13.2 Å². The minimum Gasteiger partial charge on any atom is -0.491 e. The van der Waals surface area contributed by atoms with Crippen LogP contribution in [0.4, 0.5) is 17.6 Å². The molecule has 2 aromatic rings. The number of halogens is 4. The van der Waals surface area contributed by atoms with Crippen LogP contribution in [0.5, 0.6) is 11.5 Å². The molecule has 6 heteroatoms. The van der Waals surface area contributed by atoms with Crippen molar-refractivity contribution in [3.63, 3.8) is 0 Å². The molecule has 4 unspecified atom stereocenters. The topological polar surface area (TPSA) is 18.5 Å². The molecule has 2 nitrogen and oxygen atoms in total. The van der Waals surface area contributed by atoms with Crippen molar-refractivity contribution in [2.24, 2.45) is 35.5 Å². The summed E-state index contributed by atoms with van der Waals surface area (Å²) in [7, 11) is 0. The molecule has 0 aromatic heterocycles. The van der Waals surface area contributed by atoms with E-state index in [4.69, 9.17) is 9.47 Å². The first-order valence-corrected chi connectivity index (χ1v) is 16.3. The zero-order valence-electron chi connectivity index (χ0n) is 25.2. The molecule has 0 radical (unpaired) electrons. The SMILES string of the molecule is CCCC1CCC2CC(C=CC3CCC(COc4ccc(-c5ccc(OCC)c(F)c5F)c(F)c4F)CC3)CCC2C1. The first-order valence-electron chi connectivity index (χ1n) is 16.3. The standard InChI is InChI=1S/C36H46F4O2/c1-3-5-24-12-14-28-21-25(13-15-27(28)20-24)9-6-23-7-10-26(11-8-23)22-42-32-19-17-30(34(38)36(32)40)29-16-18-31(41-4-2)35(39)33(29)37/h6,9,16-19,23-28H,3-5,7-8,10-15,20-22H2,1-2H3. The van der Waals surface area contributed by atoms with Crippen molar-refractivity contribution >= 4 is 0 Å². The Morgan fingerprint density at radius 2 is 1.17 bits per heavy atom. The molecule has 3 aliphatic rings. The van der Waals surface area contributed by atoms with Gasteiger partial charge in [0.1, 0.15) is 0 Å². The van der Waals surface area contributed by atoms with Gasteiger partial charge in [-0.25, -0.2) is 8.78 Å². The molecule has 0 amide bonds. The average molecular weight is 587 g/mol. The number of fused-ring (bicyclic) bond motifs is 1. The van der Waals surface area contributed by atoms with Gasteiger partial charge in [-0.3, -0.25) is 0 Å². The third-order valence-electron chi connectivity index (χ3n) is 10.2. The number of allylic oxidation sites excluding steroid dienone is 2. The Hall–Kier alpha value is -2.50. The molecule has 2 aromatic carbocycles. The third kappa shape index (κ3) is 7.17. The van der Waals surface area contributed by atoms with Gasteiger partial charge in [-0.05, 0) is 124 Å². The maximum absolute atomic E-state index is 14.9. The van der Waals surface area contributed by atoms with Crippen LogP contribution in [-0.2, 0) is 0 Å². The van der Waals surface area contributed by atoms with Crippen LogP contribution in [-0.4, -0.2) is 13.2 Å². The number of hydrogen-bond donors (Lipinski definition) is 0. The lowest BCUT2D eigenvalue weighted by Crippen LogP contribution is -2.30. The summed E-state index contributed by atoms with van der Waals surface area (Å²) in [4.78, 5) is 0. The van der Waals surface area contributed by atoms with Crippen LogP contribution in [0, 0.1) is 58.8 Å². The van der Waals surface area contributed by atoms with Crippen LogP contribution in [0.25, 0.3) is 11.1 Å². The highest BCUT2D eigenvalue weighted by Gasteiger charge is 2.34. The molecule has 5 rings (SSSR count). The molecule has 0 spiro atoms. The van der Waals surface area contributed by atoms with E-state index in [9.17, 15) is 17.6 Å². The molecule has 0 N–H and O–H groups in total. The van der Waals surface area contributed by atoms with E-state index in [0.717, 1.165) is 49.4 Å². The molecule has 4 atom stereocenters. The summed E-state index contributed by atoms with van der Waals surface area (Å²) >= 11 is 0. The van der Waals surface area contributed by atoms with Crippen molar-refractivity contribution in [2.45, 2.75) is 90.9 Å². The van der Waals surface area contributed by atoms with E-state index in [1.165, 1.54) is 75.6 Å². The lowest BCUT2D eigenvalue weighted by Gasteiger charge is -2.41. The summed E-state index contributed by atoms with van der Waals surface area (Å²) in [6, 6.07) is 4.94. The Morgan fingerprint density at radius 3 is 1.81 bits per heavy atom. The number of benzene rings is 2. The summed E-state index contributed by atoms with van der Waals surface area (Å²) < 4.78 is 69.4. The van der Waals surface area contributed by atoms with Gasteiger partial charge in [-0.15, -0.1) is 0 Å². The molecule has 0 aliphatic heterocycles. The molecule has 3 fully saturated rings. The normalized spacial score (nSPS) is 28.0. The molecule has 42 heavy (non-hydrogen) atoms. The fraction of sp³-hybridized carbons (Fsp3) is 0.611. The van der Waals surface area contributed by atoms with Crippen LogP contribution >= 0.6 is 0 Å². The van der Waals surface area contributed by atoms with Gasteiger partial charge in [-0.1, -0.05) is 38.3 Å². The number of ether oxygens (including phenoxy) is 2. The lowest BCUT2D eigenvalue weighted by atomic mass is 9.64. The fourth-order valence-electron chi connectivity index (χ4n) is 7.80. The van der Waals surface area contributed by atoms with Crippen molar-refractivity contribution in [3.8, 4) is 22.6 Å². The maximum atomic E-state index is 14.9. The van der Waals surface area contributed by atoms with E-state index >= 15 is 0 Å². The second-order valence-electron chi connectivity index (χ2n) is 12.9. The molecule has 230 valence electrons. The minimum absolute atomic E-state index is 0.157. The highest BCUT2D eigenvalue weighted by atomic mass is 19.2. The molecular weight excluding hydrogens is 540 g/mol. The molecule has 3 saturated carbocycles. The van der Waals surface area contributed by atoms with E-state index in [0.29, 0.717) is 12.5 Å². The van der Waals surface area contributed by atoms with Gasteiger partial charge in [0, 0.05) is 11.1 Å². The van der Waals surface area contributed by atoms with E-state index < -0.39 is 23.3 Å². The van der Waals surface area contributed by atoms with Crippen LogP contribution in [0.2, 0.25) is 0 Å². The highest BCUT2D eigenvalue weighted by Crippen LogP contribution is 2.46. The molecule has 0 heterocycles. The highest BCUT2D eigenvalue weighted by molar-refractivity contribution is 5.67.